The first-order valence-electron chi connectivity index (χ1n) is 9.40. The van der Waals surface area contributed by atoms with Crippen molar-refractivity contribution < 1.29 is 22.7 Å². The van der Waals surface area contributed by atoms with Crippen molar-refractivity contribution in [2.75, 3.05) is 6.54 Å². The van der Waals surface area contributed by atoms with E-state index in [0.29, 0.717) is 48.7 Å². The zero-order valence-electron chi connectivity index (χ0n) is 15.5. The molecule has 4 N–H and O–H groups in total. The second-order valence-corrected chi connectivity index (χ2v) is 7.09. The number of rotatable bonds is 6. The lowest BCUT2D eigenvalue weighted by Gasteiger charge is -2.28. The summed E-state index contributed by atoms with van der Waals surface area (Å²) in [5, 5.41) is 3.74. The lowest BCUT2D eigenvalue weighted by Crippen LogP contribution is -2.39. The Bertz CT molecular complexity index is 1080. The van der Waals surface area contributed by atoms with Gasteiger partial charge >= 0.3 is 0 Å². The predicted octanol–water partition coefficient (Wildman–Crippen LogP) is 3.56. The van der Waals surface area contributed by atoms with Crippen molar-refractivity contribution in [3.63, 3.8) is 0 Å². The Morgan fingerprint density at radius 2 is 2.07 bits per heavy atom. The molecule has 0 bridgehead atoms. The summed E-state index contributed by atoms with van der Waals surface area (Å²) in [6.45, 7) is 0.571. The summed E-state index contributed by atoms with van der Waals surface area (Å²) in [6.07, 6.45) is 3.64. The second-order valence-electron chi connectivity index (χ2n) is 7.09. The van der Waals surface area contributed by atoms with Crippen LogP contribution in [0.1, 0.15) is 34.3 Å². The molecule has 2 aromatic carbocycles. The number of ether oxygens (including phenoxy) is 1. The fourth-order valence-electron chi connectivity index (χ4n) is 3.79. The van der Waals surface area contributed by atoms with Crippen LogP contribution >= 0.6 is 0 Å². The van der Waals surface area contributed by atoms with Crippen LogP contribution < -0.4 is 15.8 Å². The maximum absolute atomic E-state index is 14.1. The molecule has 5 nitrogen and oxygen atoms in total. The van der Waals surface area contributed by atoms with Crippen molar-refractivity contribution in [2.45, 2.75) is 31.9 Å². The minimum Gasteiger partial charge on any atom is -0.472 e. The molecule has 4 rings (SSSR count). The minimum absolute atomic E-state index is 0.0626. The largest absolute Gasteiger partial charge is 0.472 e. The van der Waals surface area contributed by atoms with Gasteiger partial charge in [-0.05, 0) is 49.6 Å². The third-order valence-electron chi connectivity index (χ3n) is 5.18. The second kappa shape index (κ2) is 7.79. The zero-order chi connectivity index (χ0) is 20.5. The molecule has 0 fully saturated rings. The lowest BCUT2D eigenvalue weighted by atomic mass is 9.98. The van der Waals surface area contributed by atoms with E-state index in [9.17, 15) is 18.0 Å². The van der Waals surface area contributed by atoms with Gasteiger partial charge in [-0.2, -0.15) is 0 Å². The number of nitrogens with one attached hydrogen (secondary N) is 2. The number of benzene rings is 2. The van der Waals surface area contributed by atoms with Crippen molar-refractivity contribution in [1.82, 2.24) is 10.3 Å². The number of aromatic nitrogens is 1. The van der Waals surface area contributed by atoms with E-state index in [1.807, 2.05) is 0 Å². The van der Waals surface area contributed by atoms with E-state index in [2.05, 4.69) is 10.3 Å². The Morgan fingerprint density at radius 1 is 1.24 bits per heavy atom. The number of primary amides is 1. The fourth-order valence-corrected chi connectivity index (χ4v) is 3.79. The Kier molecular flexibility index (Phi) is 5.19. The van der Waals surface area contributed by atoms with Crippen LogP contribution in [0.15, 0.2) is 30.5 Å². The first-order valence-corrected chi connectivity index (χ1v) is 9.40. The quantitative estimate of drug-likeness (QED) is 0.551. The molecule has 0 saturated carbocycles. The number of fused-ring (bicyclic) bond motifs is 2. The molecule has 1 atom stereocenters. The van der Waals surface area contributed by atoms with Gasteiger partial charge < -0.3 is 15.5 Å². The highest BCUT2D eigenvalue weighted by Gasteiger charge is 2.26. The number of aromatic amines is 1. The van der Waals surface area contributed by atoms with Gasteiger partial charge in [0, 0.05) is 35.2 Å². The van der Waals surface area contributed by atoms with Crippen molar-refractivity contribution in [3.8, 4) is 5.75 Å². The molecule has 1 aliphatic rings. The van der Waals surface area contributed by atoms with E-state index in [1.165, 1.54) is 18.2 Å². The number of hydrogen-bond acceptors (Lipinski definition) is 3. The Balaban J connectivity index is 1.36. The molecular weight excluding hydrogens is 383 g/mol. The molecule has 2 heterocycles. The van der Waals surface area contributed by atoms with E-state index in [-0.39, 0.29) is 11.3 Å². The molecule has 8 heteroatoms. The van der Waals surface area contributed by atoms with Crippen LogP contribution in [-0.4, -0.2) is 23.7 Å². The van der Waals surface area contributed by atoms with Gasteiger partial charge in [0.05, 0.1) is 5.52 Å². The van der Waals surface area contributed by atoms with Gasteiger partial charge in [-0.15, -0.1) is 0 Å². The first-order chi connectivity index (χ1) is 13.9. The van der Waals surface area contributed by atoms with Gasteiger partial charge in [0.1, 0.15) is 11.6 Å². The van der Waals surface area contributed by atoms with Gasteiger partial charge in [-0.1, -0.05) is 0 Å². The Morgan fingerprint density at radius 3 is 2.86 bits per heavy atom. The number of carbonyl (C=O) groups is 1. The lowest BCUT2D eigenvalue weighted by molar-refractivity contribution is 0.0991. The van der Waals surface area contributed by atoms with Gasteiger partial charge in [0.2, 0.25) is 5.91 Å². The van der Waals surface area contributed by atoms with Crippen molar-refractivity contribution >= 4 is 16.8 Å². The molecule has 0 radical (unpaired) electrons. The highest BCUT2D eigenvalue weighted by atomic mass is 19.1. The zero-order valence-corrected chi connectivity index (χ0v) is 15.5. The summed E-state index contributed by atoms with van der Waals surface area (Å²) in [7, 11) is 0. The number of H-pyrrole nitrogens is 1. The summed E-state index contributed by atoms with van der Waals surface area (Å²) in [5.74, 6) is -2.30. The predicted molar refractivity (Wildman–Crippen MR) is 102 cm³/mol. The minimum atomic E-state index is -0.615. The topological polar surface area (TPSA) is 80.1 Å². The van der Waals surface area contributed by atoms with Gasteiger partial charge in [-0.3, -0.25) is 10.1 Å². The number of hydrogen-bond donors (Lipinski definition) is 3. The molecule has 1 aliphatic heterocycles. The molecule has 0 spiro atoms. The molecule has 0 saturated heterocycles. The molecule has 1 aromatic heterocycles. The number of carbonyl (C=O) groups excluding carboxylic acids is 1. The number of amides is 1. The standard InChI is InChI=1S/C21H20F3N3O2/c22-12-8-15-11(10-27-19(15)17(24)9-12)2-1-7-26-18-6-4-13-14(21(25)28)3-5-16(23)20(13)29-18/h3,5,8-10,18,26-27H,1-2,4,6-7H2,(H2,25,28)/t18-/m1/s1. The number of halogens is 3. The van der Waals surface area contributed by atoms with E-state index in [0.717, 1.165) is 11.6 Å². The van der Waals surface area contributed by atoms with E-state index in [1.54, 1.807) is 6.20 Å². The first kappa shape index (κ1) is 19.3. The maximum atomic E-state index is 14.1. The summed E-state index contributed by atoms with van der Waals surface area (Å²) in [5.41, 5.74) is 7.24. The van der Waals surface area contributed by atoms with Crippen LogP contribution in [-0.2, 0) is 12.8 Å². The highest BCUT2D eigenvalue weighted by Crippen LogP contribution is 2.32. The highest BCUT2D eigenvalue weighted by molar-refractivity contribution is 5.95. The summed E-state index contributed by atoms with van der Waals surface area (Å²) < 4.78 is 47.0. The molecular formula is C21H20F3N3O2. The van der Waals surface area contributed by atoms with Crippen molar-refractivity contribution in [3.05, 3.63) is 64.6 Å². The molecule has 29 heavy (non-hydrogen) atoms. The SMILES string of the molecule is NC(=O)c1ccc(F)c2c1CC[C@H](NCCCc1c[nH]c3c(F)cc(F)cc13)O2. The van der Waals surface area contributed by atoms with E-state index >= 15 is 0 Å². The van der Waals surface area contributed by atoms with Crippen LogP contribution in [0.5, 0.6) is 5.75 Å². The monoisotopic (exact) mass is 403 g/mol. The van der Waals surface area contributed by atoms with Crippen molar-refractivity contribution in [2.24, 2.45) is 5.73 Å². The number of nitrogens with two attached hydrogens (primary N) is 1. The van der Waals surface area contributed by atoms with Crippen LogP contribution in [0.3, 0.4) is 0 Å². The Hall–Kier alpha value is -3.00. The average Bonchev–Trinajstić information content (AvgIpc) is 3.08. The number of aryl methyl sites for hydroxylation is 1. The Labute approximate surface area is 165 Å². The van der Waals surface area contributed by atoms with Crippen LogP contribution in [0.25, 0.3) is 10.9 Å². The third kappa shape index (κ3) is 3.80. The van der Waals surface area contributed by atoms with Gasteiger partial charge in [-0.25, -0.2) is 13.2 Å². The third-order valence-corrected chi connectivity index (χ3v) is 5.18. The molecule has 152 valence electrons. The van der Waals surface area contributed by atoms with E-state index < -0.39 is 29.6 Å². The summed E-state index contributed by atoms with van der Waals surface area (Å²) in [4.78, 5) is 14.3. The van der Waals surface area contributed by atoms with Gasteiger partial charge in [0.15, 0.2) is 17.8 Å². The molecule has 3 aromatic rings. The van der Waals surface area contributed by atoms with Gasteiger partial charge in [0.25, 0.3) is 0 Å². The van der Waals surface area contributed by atoms with Crippen LogP contribution in [0, 0.1) is 17.5 Å². The molecule has 1 amide bonds. The maximum Gasteiger partial charge on any atom is 0.249 e. The average molecular weight is 403 g/mol. The normalized spacial score (nSPS) is 15.9. The van der Waals surface area contributed by atoms with Crippen molar-refractivity contribution in [1.29, 1.82) is 0 Å². The van der Waals surface area contributed by atoms with Crippen LogP contribution in [0.4, 0.5) is 13.2 Å². The fraction of sp³-hybridized carbons (Fsp3) is 0.286. The smallest absolute Gasteiger partial charge is 0.249 e. The van der Waals surface area contributed by atoms with E-state index in [4.69, 9.17) is 10.5 Å². The molecule has 0 unspecified atom stereocenters. The summed E-state index contributed by atoms with van der Waals surface area (Å²) >= 11 is 0. The van der Waals surface area contributed by atoms with Crippen LogP contribution in [0.2, 0.25) is 0 Å². The summed E-state index contributed by atoms with van der Waals surface area (Å²) in [6, 6.07) is 4.72. The molecule has 0 aliphatic carbocycles.